The summed E-state index contributed by atoms with van der Waals surface area (Å²) in [7, 11) is 0. The normalized spacial score (nSPS) is 20.8. The van der Waals surface area contributed by atoms with Crippen molar-refractivity contribution >= 4 is 5.91 Å². The highest BCUT2D eigenvalue weighted by Crippen LogP contribution is 2.48. The number of halogens is 1. The number of carbonyl (C=O) groups excluding carboxylic acids is 1. The van der Waals surface area contributed by atoms with Crippen molar-refractivity contribution in [2.24, 2.45) is 5.92 Å². The van der Waals surface area contributed by atoms with Gasteiger partial charge in [0.15, 0.2) is 0 Å². The van der Waals surface area contributed by atoms with E-state index in [2.05, 4.69) is 24.4 Å². The molecule has 2 aromatic rings. The van der Waals surface area contributed by atoms with Crippen LogP contribution in [0.3, 0.4) is 0 Å². The van der Waals surface area contributed by atoms with Gasteiger partial charge in [-0.05, 0) is 41.9 Å². The highest BCUT2D eigenvalue weighted by atomic mass is 19.1. The lowest BCUT2D eigenvalue weighted by Gasteiger charge is -2.12. The average molecular weight is 311 g/mol. The summed E-state index contributed by atoms with van der Waals surface area (Å²) in [5.74, 6) is 0.240. The second-order valence-corrected chi connectivity index (χ2v) is 6.36. The van der Waals surface area contributed by atoms with E-state index in [4.69, 9.17) is 0 Å². The van der Waals surface area contributed by atoms with Crippen molar-refractivity contribution in [3.63, 3.8) is 0 Å². The summed E-state index contributed by atoms with van der Waals surface area (Å²) in [6.07, 6.45) is 1.66. The van der Waals surface area contributed by atoms with Crippen molar-refractivity contribution < 1.29 is 9.18 Å². The van der Waals surface area contributed by atoms with Crippen LogP contribution in [-0.2, 0) is 4.79 Å². The van der Waals surface area contributed by atoms with Gasteiger partial charge in [-0.15, -0.1) is 0 Å². The molecule has 3 heteroatoms. The fourth-order valence-electron chi connectivity index (χ4n) is 3.10. The molecule has 1 saturated carbocycles. The van der Waals surface area contributed by atoms with Gasteiger partial charge >= 0.3 is 0 Å². The lowest BCUT2D eigenvalue weighted by Crippen LogP contribution is -2.27. The van der Waals surface area contributed by atoms with Gasteiger partial charge < -0.3 is 5.32 Å². The number of rotatable bonds is 6. The first-order valence-electron chi connectivity index (χ1n) is 8.24. The predicted octanol–water partition coefficient (Wildman–Crippen LogP) is 4.24. The van der Waals surface area contributed by atoms with Crippen LogP contribution in [0.5, 0.6) is 0 Å². The van der Waals surface area contributed by atoms with E-state index in [9.17, 15) is 9.18 Å². The van der Waals surface area contributed by atoms with E-state index >= 15 is 0 Å². The van der Waals surface area contributed by atoms with Crippen LogP contribution in [-0.4, -0.2) is 12.5 Å². The van der Waals surface area contributed by atoms with Gasteiger partial charge in [0.05, 0.1) is 0 Å². The highest BCUT2D eigenvalue weighted by molar-refractivity contribution is 5.82. The summed E-state index contributed by atoms with van der Waals surface area (Å²) in [5.41, 5.74) is 1.96. The molecule has 1 aliphatic carbocycles. The van der Waals surface area contributed by atoms with Crippen molar-refractivity contribution in [2.45, 2.75) is 31.6 Å². The second kappa shape index (κ2) is 6.95. The van der Waals surface area contributed by atoms with Gasteiger partial charge in [-0.3, -0.25) is 4.79 Å². The van der Waals surface area contributed by atoms with E-state index in [0.717, 1.165) is 12.8 Å². The molecule has 23 heavy (non-hydrogen) atoms. The Morgan fingerprint density at radius 3 is 2.61 bits per heavy atom. The Kier molecular flexibility index (Phi) is 4.75. The van der Waals surface area contributed by atoms with E-state index in [1.807, 2.05) is 24.3 Å². The van der Waals surface area contributed by atoms with Crippen molar-refractivity contribution in [2.75, 3.05) is 6.54 Å². The lowest BCUT2D eigenvalue weighted by atomic mass is 9.98. The molecule has 1 N–H and O–H groups in total. The summed E-state index contributed by atoms with van der Waals surface area (Å²) in [5, 5.41) is 3.00. The monoisotopic (exact) mass is 311 g/mol. The molecule has 2 aromatic carbocycles. The molecule has 3 atom stereocenters. The maximum atomic E-state index is 13.7. The molecule has 0 radical (unpaired) electrons. The molecule has 3 unspecified atom stereocenters. The Morgan fingerprint density at radius 2 is 1.87 bits per heavy atom. The van der Waals surface area contributed by atoms with Crippen LogP contribution < -0.4 is 5.32 Å². The quantitative estimate of drug-likeness (QED) is 0.849. The zero-order valence-electron chi connectivity index (χ0n) is 13.3. The van der Waals surface area contributed by atoms with Crippen molar-refractivity contribution in [1.82, 2.24) is 5.32 Å². The molecular formula is C20H22FNO. The third-order valence-electron chi connectivity index (χ3n) is 4.68. The van der Waals surface area contributed by atoms with Crippen LogP contribution >= 0.6 is 0 Å². The van der Waals surface area contributed by atoms with Gasteiger partial charge in [0.2, 0.25) is 5.91 Å². The smallest absolute Gasteiger partial charge is 0.223 e. The number of hydrogen-bond donors (Lipinski definition) is 1. The molecule has 1 aliphatic rings. The molecule has 0 aliphatic heterocycles. The van der Waals surface area contributed by atoms with Crippen molar-refractivity contribution in [1.29, 1.82) is 0 Å². The minimum atomic E-state index is -0.203. The molecule has 1 amide bonds. The van der Waals surface area contributed by atoms with Gasteiger partial charge in [0, 0.05) is 12.5 Å². The molecule has 0 spiro atoms. The Morgan fingerprint density at radius 1 is 1.17 bits per heavy atom. The van der Waals surface area contributed by atoms with Crippen molar-refractivity contribution in [3.8, 4) is 0 Å². The number of amides is 1. The largest absolute Gasteiger partial charge is 0.356 e. The van der Waals surface area contributed by atoms with Gasteiger partial charge in [-0.1, -0.05) is 55.5 Å². The fourth-order valence-corrected chi connectivity index (χ4v) is 3.10. The van der Waals surface area contributed by atoms with Crippen LogP contribution in [0, 0.1) is 11.7 Å². The molecular weight excluding hydrogens is 289 g/mol. The number of carbonyl (C=O) groups is 1. The summed E-state index contributed by atoms with van der Waals surface area (Å²) in [6, 6.07) is 17.1. The van der Waals surface area contributed by atoms with Gasteiger partial charge in [0.25, 0.3) is 0 Å². The summed E-state index contributed by atoms with van der Waals surface area (Å²) >= 11 is 0. The maximum absolute atomic E-state index is 13.7. The van der Waals surface area contributed by atoms with Gasteiger partial charge in [-0.25, -0.2) is 4.39 Å². The molecule has 120 valence electrons. The highest BCUT2D eigenvalue weighted by Gasteiger charge is 2.44. The van der Waals surface area contributed by atoms with E-state index in [1.165, 1.54) is 11.6 Å². The average Bonchev–Trinajstić information content (AvgIpc) is 3.36. The second-order valence-electron chi connectivity index (χ2n) is 6.36. The minimum Gasteiger partial charge on any atom is -0.356 e. The molecule has 3 rings (SSSR count). The third-order valence-corrected chi connectivity index (χ3v) is 4.68. The van der Waals surface area contributed by atoms with E-state index in [1.54, 1.807) is 12.1 Å². The molecule has 0 aromatic heterocycles. The molecule has 2 nitrogen and oxygen atoms in total. The zero-order valence-corrected chi connectivity index (χ0v) is 13.3. The lowest BCUT2D eigenvalue weighted by molar-refractivity contribution is -0.122. The summed E-state index contributed by atoms with van der Waals surface area (Å²) in [6.45, 7) is 2.83. The predicted molar refractivity (Wildman–Crippen MR) is 89.7 cm³/mol. The van der Waals surface area contributed by atoms with Crippen molar-refractivity contribution in [3.05, 3.63) is 71.5 Å². The van der Waals surface area contributed by atoms with E-state index in [0.29, 0.717) is 18.0 Å². The summed E-state index contributed by atoms with van der Waals surface area (Å²) < 4.78 is 13.7. The van der Waals surface area contributed by atoms with Crippen LogP contribution in [0.4, 0.5) is 4.39 Å². The first-order valence-corrected chi connectivity index (χ1v) is 8.24. The third kappa shape index (κ3) is 3.79. The number of nitrogens with one attached hydrogen (secondary N) is 1. The number of benzene rings is 2. The van der Waals surface area contributed by atoms with Gasteiger partial charge in [-0.2, -0.15) is 0 Å². The Balaban J connectivity index is 1.45. The minimum absolute atomic E-state index is 0.0442. The Labute approximate surface area is 136 Å². The molecule has 0 heterocycles. The van der Waals surface area contributed by atoms with E-state index < -0.39 is 0 Å². The first-order chi connectivity index (χ1) is 11.2. The summed E-state index contributed by atoms with van der Waals surface area (Å²) in [4.78, 5) is 12.2. The maximum Gasteiger partial charge on any atom is 0.223 e. The molecule has 1 fully saturated rings. The van der Waals surface area contributed by atoms with Crippen LogP contribution in [0.2, 0.25) is 0 Å². The number of hydrogen-bond acceptors (Lipinski definition) is 1. The molecule has 0 saturated heterocycles. The fraction of sp³-hybridized carbons (Fsp3) is 0.350. The topological polar surface area (TPSA) is 29.1 Å². The molecule has 0 bridgehead atoms. The van der Waals surface area contributed by atoms with E-state index in [-0.39, 0.29) is 23.6 Å². The zero-order chi connectivity index (χ0) is 16.2. The van der Waals surface area contributed by atoms with Crippen LogP contribution in [0.15, 0.2) is 54.6 Å². The Hall–Kier alpha value is -2.16. The van der Waals surface area contributed by atoms with Gasteiger partial charge in [0.1, 0.15) is 5.82 Å². The van der Waals surface area contributed by atoms with Crippen LogP contribution in [0.1, 0.15) is 42.7 Å². The Bertz CT molecular complexity index is 670. The first kappa shape index (κ1) is 15.7. The van der Waals surface area contributed by atoms with Crippen LogP contribution in [0.25, 0.3) is 0 Å². The standard InChI is InChI=1S/C20H22FNO/c1-14(15-7-3-2-4-8-15)11-12-22-20(23)18-13-17(18)16-9-5-6-10-19(16)21/h2-10,14,17-18H,11-13H2,1H3,(H,22,23). The SMILES string of the molecule is CC(CCNC(=O)C1CC1c1ccccc1F)c1ccccc1.